The summed E-state index contributed by atoms with van der Waals surface area (Å²) in [5.74, 6) is -0.562. The molecule has 112 valence electrons. The fraction of sp³-hybridized carbons (Fsp3) is 0.438. The van der Waals surface area contributed by atoms with Crippen molar-refractivity contribution in [1.29, 1.82) is 0 Å². The number of fused-ring (bicyclic) bond motifs is 1. The molecule has 1 aliphatic rings. The Morgan fingerprint density at radius 2 is 1.67 bits per heavy atom. The van der Waals surface area contributed by atoms with Gasteiger partial charge in [-0.15, -0.1) is 0 Å². The molecule has 1 aliphatic carbocycles. The Bertz CT molecular complexity index is 692. The number of nitrogens with zero attached hydrogens (tertiary/aromatic N) is 1. The van der Waals surface area contributed by atoms with Gasteiger partial charge in [-0.25, -0.2) is 0 Å². The van der Waals surface area contributed by atoms with Gasteiger partial charge in [-0.2, -0.15) is 0 Å². The largest absolute Gasteiger partial charge is 0.469 e. The van der Waals surface area contributed by atoms with Gasteiger partial charge in [0.1, 0.15) is 5.69 Å². The molecule has 21 heavy (non-hydrogen) atoms. The van der Waals surface area contributed by atoms with Crippen molar-refractivity contribution >= 4 is 17.5 Å². The zero-order valence-corrected chi connectivity index (χ0v) is 13.0. The molecule has 0 fully saturated rings. The second-order valence-electron chi connectivity index (χ2n) is 5.33. The van der Waals surface area contributed by atoms with E-state index < -0.39 is 0 Å². The van der Waals surface area contributed by atoms with Crippen LogP contribution in [0.2, 0.25) is 0 Å². The maximum atomic E-state index is 12.5. The van der Waals surface area contributed by atoms with E-state index in [0.29, 0.717) is 28.8 Å². The number of esters is 1. The summed E-state index contributed by atoms with van der Waals surface area (Å²) in [4.78, 5) is 36.3. The Morgan fingerprint density at radius 1 is 1.10 bits per heavy atom. The lowest BCUT2D eigenvalue weighted by Gasteiger charge is -2.15. The minimum Gasteiger partial charge on any atom is -0.469 e. The number of carbonyl (C=O) groups excluding carboxylic acids is 3. The first-order chi connectivity index (χ1) is 9.81. The molecule has 0 aliphatic heterocycles. The predicted molar refractivity (Wildman–Crippen MR) is 77.5 cm³/mol. The van der Waals surface area contributed by atoms with Gasteiger partial charge in [0.05, 0.1) is 12.7 Å². The lowest BCUT2D eigenvalue weighted by Crippen LogP contribution is -2.21. The lowest BCUT2D eigenvalue weighted by atomic mass is 9.86. The zero-order chi connectivity index (χ0) is 15.9. The smallest absolute Gasteiger partial charge is 0.305 e. The van der Waals surface area contributed by atoms with Gasteiger partial charge in [0.2, 0.25) is 5.78 Å². The standard InChI is InChI=1S/C16H19NO4/c1-8-9(2)16(20)14-13(15(8)19)11(10(3)17(14)4)6-7-12(18)21-5/h6-7H2,1-5H3. The monoisotopic (exact) mass is 289 g/mol. The summed E-state index contributed by atoms with van der Waals surface area (Å²) in [6.07, 6.45) is 0.587. The molecule has 0 unspecified atom stereocenters. The van der Waals surface area contributed by atoms with E-state index >= 15 is 0 Å². The van der Waals surface area contributed by atoms with Crippen LogP contribution in [-0.2, 0) is 23.0 Å². The highest BCUT2D eigenvalue weighted by molar-refractivity contribution is 6.26. The van der Waals surface area contributed by atoms with Crippen molar-refractivity contribution in [3.05, 3.63) is 33.7 Å². The van der Waals surface area contributed by atoms with E-state index in [1.54, 1.807) is 25.5 Å². The first-order valence-corrected chi connectivity index (χ1v) is 6.83. The summed E-state index contributed by atoms with van der Waals surface area (Å²) in [7, 11) is 3.11. The molecule has 0 saturated heterocycles. The average Bonchev–Trinajstić information content (AvgIpc) is 2.72. The quantitative estimate of drug-likeness (QED) is 0.800. The molecule has 0 amide bonds. The van der Waals surface area contributed by atoms with Gasteiger partial charge in [-0.3, -0.25) is 14.4 Å². The molecule has 0 spiro atoms. The SMILES string of the molecule is COC(=O)CCc1c2c(n(C)c1C)C(=O)C(C)=C(C)C2=O. The first-order valence-electron chi connectivity index (χ1n) is 6.83. The number of aromatic nitrogens is 1. The van der Waals surface area contributed by atoms with Crippen LogP contribution in [0.1, 0.15) is 52.4 Å². The van der Waals surface area contributed by atoms with Crippen LogP contribution in [0.5, 0.6) is 0 Å². The molecule has 1 heterocycles. The topological polar surface area (TPSA) is 65.4 Å². The van der Waals surface area contributed by atoms with Crippen molar-refractivity contribution in [2.24, 2.45) is 7.05 Å². The van der Waals surface area contributed by atoms with Crippen LogP contribution in [0.3, 0.4) is 0 Å². The van der Waals surface area contributed by atoms with Crippen molar-refractivity contribution < 1.29 is 19.1 Å². The zero-order valence-electron chi connectivity index (χ0n) is 13.0. The minimum absolute atomic E-state index is 0.114. The maximum absolute atomic E-state index is 12.5. The van der Waals surface area contributed by atoms with Gasteiger partial charge in [-0.05, 0) is 32.8 Å². The molecule has 5 nitrogen and oxygen atoms in total. The average molecular weight is 289 g/mol. The van der Waals surface area contributed by atoms with Gasteiger partial charge < -0.3 is 9.30 Å². The van der Waals surface area contributed by atoms with Crippen LogP contribution < -0.4 is 0 Å². The number of hydrogen-bond acceptors (Lipinski definition) is 4. The second-order valence-corrected chi connectivity index (χ2v) is 5.33. The summed E-state index contributed by atoms with van der Waals surface area (Å²) in [5, 5.41) is 0. The van der Waals surface area contributed by atoms with E-state index in [0.717, 1.165) is 11.3 Å². The van der Waals surface area contributed by atoms with Crippen molar-refractivity contribution in [2.75, 3.05) is 7.11 Å². The molecule has 0 saturated carbocycles. The van der Waals surface area contributed by atoms with E-state index in [4.69, 9.17) is 0 Å². The molecule has 2 rings (SSSR count). The number of carbonyl (C=O) groups is 3. The second kappa shape index (κ2) is 5.31. The molecule has 5 heteroatoms. The highest BCUT2D eigenvalue weighted by Crippen LogP contribution is 2.32. The van der Waals surface area contributed by atoms with Crippen molar-refractivity contribution in [1.82, 2.24) is 4.57 Å². The van der Waals surface area contributed by atoms with Gasteiger partial charge in [0, 0.05) is 30.3 Å². The molecule has 0 aromatic carbocycles. The van der Waals surface area contributed by atoms with E-state index in [1.807, 2.05) is 6.92 Å². The summed E-state index contributed by atoms with van der Waals surface area (Å²) in [5.41, 5.74) is 3.47. The van der Waals surface area contributed by atoms with Crippen LogP contribution in [0.25, 0.3) is 0 Å². The summed E-state index contributed by atoms with van der Waals surface area (Å²) < 4.78 is 6.39. The predicted octanol–water partition coefficient (Wildman–Crippen LogP) is 2.15. The molecular formula is C16H19NO4. The number of ether oxygens (including phenoxy) is 1. The highest BCUT2D eigenvalue weighted by Gasteiger charge is 2.34. The number of allylic oxidation sites excluding steroid dienone is 2. The van der Waals surface area contributed by atoms with E-state index in [-0.39, 0.29) is 24.0 Å². The number of methoxy groups -OCH3 is 1. The third-order valence-corrected chi connectivity index (χ3v) is 4.31. The third-order valence-electron chi connectivity index (χ3n) is 4.31. The Kier molecular flexibility index (Phi) is 3.85. The molecule has 0 bridgehead atoms. The maximum Gasteiger partial charge on any atom is 0.305 e. The van der Waals surface area contributed by atoms with Crippen LogP contribution in [-0.4, -0.2) is 29.2 Å². The molecule has 0 radical (unpaired) electrons. The fourth-order valence-corrected chi connectivity index (χ4v) is 2.71. The molecule has 0 atom stereocenters. The third kappa shape index (κ3) is 2.22. The normalized spacial score (nSPS) is 14.5. The number of Topliss-reactive ketones (excluding diaryl/α,β-unsaturated/α-hetero) is 2. The van der Waals surface area contributed by atoms with Gasteiger partial charge in [0.15, 0.2) is 5.78 Å². The minimum atomic E-state index is -0.329. The number of hydrogen-bond donors (Lipinski definition) is 0. The van der Waals surface area contributed by atoms with Crippen LogP contribution >= 0.6 is 0 Å². The van der Waals surface area contributed by atoms with Crippen molar-refractivity contribution in [3.63, 3.8) is 0 Å². The van der Waals surface area contributed by atoms with Crippen LogP contribution in [0.4, 0.5) is 0 Å². The van der Waals surface area contributed by atoms with Crippen LogP contribution in [0.15, 0.2) is 11.1 Å². The molecule has 1 aromatic rings. The number of rotatable bonds is 3. The summed E-state index contributed by atoms with van der Waals surface area (Å²) in [6.45, 7) is 5.20. The Balaban J connectivity index is 2.56. The van der Waals surface area contributed by atoms with E-state index in [1.165, 1.54) is 7.11 Å². The van der Waals surface area contributed by atoms with E-state index in [2.05, 4.69) is 4.74 Å². The van der Waals surface area contributed by atoms with Crippen molar-refractivity contribution in [2.45, 2.75) is 33.6 Å². The Morgan fingerprint density at radius 3 is 2.24 bits per heavy atom. The highest BCUT2D eigenvalue weighted by atomic mass is 16.5. The Labute approximate surface area is 123 Å². The van der Waals surface area contributed by atoms with Gasteiger partial charge in [0.25, 0.3) is 0 Å². The first kappa shape index (κ1) is 15.2. The lowest BCUT2D eigenvalue weighted by molar-refractivity contribution is -0.140. The molecular weight excluding hydrogens is 270 g/mol. The fourth-order valence-electron chi connectivity index (χ4n) is 2.71. The molecule has 0 N–H and O–H groups in total. The Hall–Kier alpha value is -2.17. The van der Waals surface area contributed by atoms with Crippen molar-refractivity contribution in [3.8, 4) is 0 Å². The van der Waals surface area contributed by atoms with Gasteiger partial charge in [-0.1, -0.05) is 0 Å². The number of ketones is 2. The van der Waals surface area contributed by atoms with Gasteiger partial charge >= 0.3 is 5.97 Å². The van der Waals surface area contributed by atoms with E-state index in [9.17, 15) is 14.4 Å². The molecule has 1 aromatic heterocycles. The summed E-state index contributed by atoms with van der Waals surface area (Å²) in [6, 6.07) is 0. The van der Waals surface area contributed by atoms with Crippen LogP contribution in [0, 0.1) is 6.92 Å². The summed E-state index contributed by atoms with van der Waals surface area (Å²) >= 11 is 0.